The number of hydrogen-bond donors (Lipinski definition) is 2. The molecule has 3 aromatic rings. The molecule has 33 heavy (non-hydrogen) atoms. The third kappa shape index (κ3) is 7.11. The number of nitrogens with zero attached hydrogens (tertiary/aromatic N) is 2. The fourth-order valence-corrected chi connectivity index (χ4v) is 3.96. The highest BCUT2D eigenvalue weighted by Crippen LogP contribution is 2.29. The van der Waals surface area contributed by atoms with Crippen LogP contribution in [0.15, 0.2) is 66.0 Å². The first-order valence-corrected chi connectivity index (χ1v) is 11.2. The quantitative estimate of drug-likeness (QED) is 0.445. The van der Waals surface area contributed by atoms with Crippen molar-refractivity contribution in [2.45, 2.75) is 31.2 Å². The Morgan fingerprint density at radius 1 is 1.03 bits per heavy atom. The summed E-state index contributed by atoms with van der Waals surface area (Å²) in [6.07, 6.45) is -2.34. The Bertz CT molecular complexity index is 1100. The van der Waals surface area contributed by atoms with Crippen LogP contribution in [0.1, 0.15) is 12.5 Å². The van der Waals surface area contributed by atoms with Crippen molar-refractivity contribution in [2.75, 3.05) is 17.6 Å². The van der Waals surface area contributed by atoms with Crippen LogP contribution in [-0.2, 0) is 22.6 Å². The lowest BCUT2D eigenvalue weighted by Crippen LogP contribution is -2.34. The van der Waals surface area contributed by atoms with Crippen molar-refractivity contribution < 1.29 is 22.8 Å². The SMILES string of the molecule is CCc1ccccc1NC(=O)CNC(=O)CSc1ncc(-c2ccccc2)n1CC(F)(F)F. The highest BCUT2D eigenvalue weighted by molar-refractivity contribution is 7.99. The number of hydrogen-bond acceptors (Lipinski definition) is 4. The van der Waals surface area contributed by atoms with Crippen molar-refractivity contribution in [3.05, 3.63) is 66.4 Å². The number of carbonyl (C=O) groups excluding carboxylic acids is 2. The van der Waals surface area contributed by atoms with Gasteiger partial charge in [-0.15, -0.1) is 0 Å². The molecule has 10 heteroatoms. The second-order valence-electron chi connectivity index (χ2n) is 7.12. The number of benzene rings is 2. The molecule has 2 aromatic carbocycles. The average molecular weight is 477 g/mol. The first kappa shape index (κ1) is 24.4. The summed E-state index contributed by atoms with van der Waals surface area (Å²) < 4.78 is 40.5. The van der Waals surface area contributed by atoms with Gasteiger partial charge in [-0.3, -0.25) is 9.59 Å². The van der Waals surface area contributed by atoms with Crippen molar-refractivity contribution >= 4 is 29.3 Å². The number of alkyl halides is 3. The molecule has 1 aromatic heterocycles. The number of para-hydroxylation sites is 1. The maximum Gasteiger partial charge on any atom is 0.406 e. The highest BCUT2D eigenvalue weighted by Gasteiger charge is 2.31. The first-order valence-electron chi connectivity index (χ1n) is 10.2. The number of aryl methyl sites for hydroxylation is 1. The number of amides is 2. The topological polar surface area (TPSA) is 76.0 Å². The number of halogens is 3. The van der Waals surface area contributed by atoms with Gasteiger partial charge in [0.1, 0.15) is 6.54 Å². The van der Waals surface area contributed by atoms with E-state index >= 15 is 0 Å². The minimum absolute atomic E-state index is 0.0719. The molecule has 3 rings (SSSR count). The van der Waals surface area contributed by atoms with Gasteiger partial charge >= 0.3 is 6.18 Å². The van der Waals surface area contributed by atoms with Gasteiger partial charge in [-0.1, -0.05) is 67.2 Å². The van der Waals surface area contributed by atoms with Crippen LogP contribution in [-0.4, -0.2) is 39.8 Å². The van der Waals surface area contributed by atoms with Gasteiger partial charge in [0, 0.05) is 5.69 Å². The lowest BCUT2D eigenvalue weighted by molar-refractivity contribution is -0.141. The Labute approximate surface area is 193 Å². The van der Waals surface area contributed by atoms with E-state index in [-0.39, 0.29) is 23.4 Å². The molecule has 6 nitrogen and oxygen atoms in total. The zero-order chi connectivity index (χ0) is 23.8. The summed E-state index contributed by atoms with van der Waals surface area (Å²) in [6.45, 7) is 0.500. The molecule has 2 amide bonds. The van der Waals surface area contributed by atoms with Crippen molar-refractivity contribution in [2.24, 2.45) is 0 Å². The summed E-state index contributed by atoms with van der Waals surface area (Å²) in [4.78, 5) is 28.4. The summed E-state index contributed by atoms with van der Waals surface area (Å²) in [7, 11) is 0. The van der Waals surface area contributed by atoms with Crippen molar-refractivity contribution in [3.63, 3.8) is 0 Å². The molecule has 0 aliphatic heterocycles. The molecule has 0 unspecified atom stereocenters. The van der Waals surface area contributed by atoms with E-state index < -0.39 is 18.6 Å². The van der Waals surface area contributed by atoms with E-state index in [1.807, 2.05) is 19.1 Å². The van der Waals surface area contributed by atoms with Crippen LogP contribution in [0, 0.1) is 0 Å². The molecule has 174 valence electrons. The molecule has 0 saturated carbocycles. The summed E-state index contributed by atoms with van der Waals surface area (Å²) in [6, 6.07) is 16.0. The standard InChI is InChI=1S/C23H23F3N4O2S/c1-2-16-8-6-7-11-18(16)29-20(31)13-27-21(32)14-33-22-28-12-19(17-9-4-3-5-10-17)30(22)15-23(24,25)26/h3-12H,2,13-15H2,1H3,(H,27,32)(H,29,31). The van der Waals surface area contributed by atoms with Gasteiger partial charge in [0.2, 0.25) is 11.8 Å². The Hall–Kier alpha value is -3.27. The number of carbonyl (C=O) groups is 2. The summed E-state index contributed by atoms with van der Waals surface area (Å²) in [5.41, 5.74) is 2.55. The number of imidazole rings is 1. The molecule has 2 N–H and O–H groups in total. The first-order chi connectivity index (χ1) is 15.8. The van der Waals surface area contributed by atoms with E-state index in [2.05, 4.69) is 15.6 Å². The molecule has 0 aliphatic carbocycles. The van der Waals surface area contributed by atoms with Gasteiger partial charge in [-0.2, -0.15) is 13.2 Å². The van der Waals surface area contributed by atoms with Crippen molar-refractivity contribution in [1.82, 2.24) is 14.9 Å². The number of thioether (sulfide) groups is 1. The molecule has 0 atom stereocenters. The van der Waals surface area contributed by atoms with Crippen LogP contribution in [0.5, 0.6) is 0 Å². The Balaban J connectivity index is 1.59. The van der Waals surface area contributed by atoms with Crippen molar-refractivity contribution in [3.8, 4) is 11.3 Å². The number of aromatic nitrogens is 2. The Morgan fingerprint density at radius 2 is 1.73 bits per heavy atom. The summed E-state index contributed by atoms with van der Waals surface area (Å²) in [5.74, 6) is -1.05. The molecular weight excluding hydrogens is 453 g/mol. The number of anilines is 1. The van der Waals surface area contributed by atoms with Crippen LogP contribution in [0.25, 0.3) is 11.3 Å². The minimum atomic E-state index is -4.45. The Morgan fingerprint density at radius 3 is 2.42 bits per heavy atom. The fraction of sp³-hybridized carbons (Fsp3) is 0.261. The van der Waals surface area contributed by atoms with Gasteiger partial charge in [0.15, 0.2) is 5.16 Å². The van der Waals surface area contributed by atoms with Gasteiger partial charge in [-0.25, -0.2) is 4.98 Å². The molecule has 0 fully saturated rings. The monoisotopic (exact) mass is 476 g/mol. The molecule has 0 bridgehead atoms. The van der Waals surface area contributed by atoms with Gasteiger partial charge in [0.05, 0.1) is 24.2 Å². The largest absolute Gasteiger partial charge is 0.406 e. The second-order valence-corrected chi connectivity index (χ2v) is 8.06. The fourth-order valence-electron chi connectivity index (χ4n) is 3.15. The van der Waals surface area contributed by atoms with Crippen LogP contribution in [0.2, 0.25) is 0 Å². The Kier molecular flexibility index (Phi) is 8.16. The van der Waals surface area contributed by atoms with E-state index in [1.165, 1.54) is 6.20 Å². The van der Waals surface area contributed by atoms with Gasteiger partial charge in [0.25, 0.3) is 0 Å². The minimum Gasteiger partial charge on any atom is -0.346 e. The van der Waals surface area contributed by atoms with E-state index in [9.17, 15) is 22.8 Å². The lowest BCUT2D eigenvalue weighted by Gasteiger charge is -2.14. The number of rotatable bonds is 9. The second kappa shape index (κ2) is 11.0. The molecule has 1 heterocycles. The zero-order valence-corrected chi connectivity index (χ0v) is 18.7. The summed E-state index contributed by atoms with van der Waals surface area (Å²) in [5, 5.41) is 5.30. The van der Waals surface area contributed by atoms with E-state index in [0.29, 0.717) is 16.9 Å². The third-order valence-corrected chi connectivity index (χ3v) is 5.67. The zero-order valence-electron chi connectivity index (χ0n) is 17.9. The van der Waals surface area contributed by atoms with Crippen LogP contribution in [0.3, 0.4) is 0 Å². The molecule has 0 saturated heterocycles. The molecular formula is C23H23F3N4O2S. The average Bonchev–Trinajstić information content (AvgIpc) is 3.18. The maximum absolute atomic E-state index is 13.2. The molecule has 0 spiro atoms. The highest BCUT2D eigenvalue weighted by atomic mass is 32.2. The summed E-state index contributed by atoms with van der Waals surface area (Å²) >= 11 is 0.881. The van der Waals surface area contributed by atoms with E-state index in [4.69, 9.17) is 0 Å². The van der Waals surface area contributed by atoms with E-state index in [1.54, 1.807) is 42.5 Å². The smallest absolute Gasteiger partial charge is 0.346 e. The predicted octanol–water partition coefficient (Wildman–Crippen LogP) is 4.52. The molecule has 0 aliphatic rings. The van der Waals surface area contributed by atoms with Crippen LogP contribution >= 0.6 is 11.8 Å². The predicted molar refractivity (Wildman–Crippen MR) is 122 cm³/mol. The maximum atomic E-state index is 13.2. The number of nitrogens with one attached hydrogen (secondary N) is 2. The van der Waals surface area contributed by atoms with Gasteiger partial charge < -0.3 is 15.2 Å². The van der Waals surface area contributed by atoms with Gasteiger partial charge in [-0.05, 0) is 23.6 Å². The van der Waals surface area contributed by atoms with E-state index in [0.717, 1.165) is 28.3 Å². The molecule has 0 radical (unpaired) electrons. The van der Waals surface area contributed by atoms with Crippen LogP contribution < -0.4 is 10.6 Å². The van der Waals surface area contributed by atoms with Crippen LogP contribution in [0.4, 0.5) is 18.9 Å². The third-order valence-electron chi connectivity index (χ3n) is 4.68. The van der Waals surface area contributed by atoms with Crippen molar-refractivity contribution in [1.29, 1.82) is 0 Å². The lowest BCUT2D eigenvalue weighted by atomic mass is 10.1. The normalized spacial score (nSPS) is 11.3.